The number of pyridine rings is 2. The van der Waals surface area contributed by atoms with E-state index in [2.05, 4.69) is 73.0 Å². The van der Waals surface area contributed by atoms with Crippen LogP contribution in [0.2, 0.25) is 5.15 Å². The minimum Gasteiger partial charge on any atom is -1.00 e. The van der Waals surface area contributed by atoms with E-state index in [1.165, 1.54) is 93.6 Å². The fraction of sp³-hybridized carbons (Fsp3) is 0.490. The zero-order valence-electron chi connectivity index (χ0n) is 50.9. The molecule has 2 amide bonds. The number of aromatic nitrogens is 10. The minimum absolute atomic E-state index is 0. The summed E-state index contributed by atoms with van der Waals surface area (Å²) in [5.41, 5.74) is 0.547. The second kappa shape index (κ2) is 35.8. The topological polar surface area (TPSA) is 307 Å². The molecule has 2 aliphatic heterocycles. The van der Waals surface area contributed by atoms with Gasteiger partial charge in [0.2, 0.25) is 11.8 Å². The van der Waals surface area contributed by atoms with Gasteiger partial charge in [-0.2, -0.15) is 63.5 Å². The SMILES string of the molecule is C[C@@H]1CNC(C)(C)C1.Cc1c(S(=O)(=O)NC(=O)c2ccc(-n3ccc(OCCC(F)(F)F)n3)nc2Cl)cnn1C.Cc1c(S(=O)(=O)NC(=O)c2ccc(-n3ccc(OCCC(F)(F)F)n3)nc2N2C[C@@H](C)CC2(C)C)cnn1C.Cl.O=CO[O-].S.S.[H-].[K+].[K+]. The third-order valence-electron chi connectivity index (χ3n) is 12.6. The molecule has 6 aromatic heterocycles. The fourth-order valence-electron chi connectivity index (χ4n) is 8.61. The molecule has 0 bridgehead atoms. The summed E-state index contributed by atoms with van der Waals surface area (Å²) in [4.78, 5) is 47.4. The molecule has 482 valence electrons. The molecular formula is C49H68Cl2F6K2N14O11S4. The summed E-state index contributed by atoms with van der Waals surface area (Å²) in [6.45, 7) is 16.4. The van der Waals surface area contributed by atoms with Crippen LogP contribution in [0.1, 0.15) is 101 Å². The quantitative estimate of drug-likeness (QED) is 0.0295. The largest absolute Gasteiger partial charge is 1.00 e. The zero-order valence-corrected chi connectivity index (χ0v) is 61.4. The first-order valence-electron chi connectivity index (χ1n) is 25.0. The van der Waals surface area contributed by atoms with Gasteiger partial charge in [-0.1, -0.05) is 25.4 Å². The normalized spacial score (nSPS) is 15.6. The van der Waals surface area contributed by atoms with Crippen LogP contribution in [0.3, 0.4) is 0 Å². The van der Waals surface area contributed by atoms with Crippen LogP contribution in [0.25, 0.3) is 11.6 Å². The third kappa shape index (κ3) is 24.7. The van der Waals surface area contributed by atoms with Gasteiger partial charge < -0.3 is 31.3 Å². The van der Waals surface area contributed by atoms with E-state index < -0.39 is 75.8 Å². The first-order chi connectivity index (χ1) is 38.5. The Labute approximate surface area is 616 Å². The van der Waals surface area contributed by atoms with E-state index in [-0.39, 0.29) is 211 Å². The van der Waals surface area contributed by atoms with E-state index in [0.29, 0.717) is 23.5 Å². The maximum Gasteiger partial charge on any atom is 1.00 e. The minimum atomic E-state index is -4.35. The van der Waals surface area contributed by atoms with Gasteiger partial charge in [-0.25, -0.2) is 45.6 Å². The van der Waals surface area contributed by atoms with Crippen molar-refractivity contribution in [3.63, 3.8) is 0 Å². The molecule has 88 heavy (non-hydrogen) atoms. The standard InChI is InChI=1S/C24H30F3N7O4S.C17H16ClF3N6O4S.C7H15N.CH2O3.ClH.2K.2H2S.H/c1-15-12-23(3,4)33(14-15)21-17(22(35)31-39(36,37)18-13-28-32(5)16(18)2)6-7-19(29-21)34-10-8-20(30-34)38-11-9-24(25,26)27;1-10-12(9-22-26(10)2)32(29,30)25-16(28)11-3-4-13(23-15(11)18)27-7-5-14(24-27)31-8-6-17(19,20)21;1-6-4-7(2,3)8-5-6;2-1-4-3;;;;;;/h6-8,10,13,15H,9,11-12,14H2,1-5H3,(H,31,35);3-5,7,9H,6,8H2,1-2H3,(H,25,28);6,8H,4-5H2,1-3H3;1,3H;1H;;;2*1H2;/q;;;;;2*+1;;;-1/p-1/t15-;;6-;;;;;;;/m0.0......./s1. The Hall–Kier alpha value is -3.10. The monoisotopic (exact) mass is 1420 g/mol. The third-order valence-corrected chi connectivity index (χ3v) is 15.8. The second-order valence-corrected chi connectivity index (χ2v) is 24.1. The van der Waals surface area contributed by atoms with Crippen LogP contribution in [0.4, 0.5) is 32.2 Å². The van der Waals surface area contributed by atoms with Crippen molar-refractivity contribution in [1.29, 1.82) is 0 Å². The molecule has 0 radical (unpaired) electrons. The first kappa shape index (κ1) is 84.9. The van der Waals surface area contributed by atoms with Crippen LogP contribution in [0.5, 0.6) is 11.8 Å². The fourth-order valence-corrected chi connectivity index (χ4v) is 11.2. The van der Waals surface area contributed by atoms with E-state index in [1.807, 2.05) is 23.5 Å². The van der Waals surface area contributed by atoms with Crippen LogP contribution in [0.15, 0.2) is 71.0 Å². The molecule has 6 aromatic rings. The molecule has 2 saturated heterocycles. The van der Waals surface area contributed by atoms with Crippen molar-refractivity contribution in [3.05, 3.63) is 88.9 Å². The Morgan fingerprint density at radius 3 is 1.50 bits per heavy atom. The summed E-state index contributed by atoms with van der Waals surface area (Å²) in [5.74, 6) is -0.131. The molecule has 8 rings (SSSR count). The van der Waals surface area contributed by atoms with Gasteiger partial charge in [-0.15, -0.1) is 22.6 Å². The van der Waals surface area contributed by atoms with E-state index in [4.69, 9.17) is 31.1 Å². The molecule has 25 nitrogen and oxygen atoms in total. The van der Waals surface area contributed by atoms with E-state index in [9.17, 15) is 52.8 Å². The molecule has 2 aliphatic rings. The van der Waals surface area contributed by atoms with E-state index in [0.717, 1.165) is 18.5 Å². The van der Waals surface area contributed by atoms with Crippen LogP contribution in [-0.2, 0) is 43.8 Å². The Morgan fingerprint density at radius 2 is 1.17 bits per heavy atom. The predicted molar refractivity (Wildman–Crippen MR) is 313 cm³/mol. The molecule has 3 N–H and O–H groups in total. The molecule has 0 unspecified atom stereocenters. The number of rotatable bonds is 16. The Morgan fingerprint density at radius 1 is 0.750 bits per heavy atom. The molecule has 2 fully saturated rings. The second-order valence-electron chi connectivity index (χ2n) is 20.5. The van der Waals surface area contributed by atoms with Crippen LogP contribution >= 0.6 is 51.0 Å². The van der Waals surface area contributed by atoms with Crippen LogP contribution in [-0.4, -0.2) is 134 Å². The zero-order chi connectivity index (χ0) is 62.0. The number of hydrogen-bond donors (Lipinski definition) is 3. The smallest absolute Gasteiger partial charge is 1.00 e. The van der Waals surface area contributed by atoms with Crippen molar-refractivity contribution in [2.24, 2.45) is 25.9 Å². The van der Waals surface area contributed by atoms with Gasteiger partial charge >= 0.3 is 115 Å². The maximum absolute atomic E-state index is 13.4. The number of nitrogens with one attached hydrogen (secondary N) is 3. The van der Waals surface area contributed by atoms with Gasteiger partial charge in [0.05, 0.1) is 61.0 Å². The van der Waals surface area contributed by atoms with Gasteiger partial charge in [0.25, 0.3) is 38.3 Å². The van der Waals surface area contributed by atoms with Crippen molar-refractivity contribution in [1.82, 2.24) is 63.9 Å². The van der Waals surface area contributed by atoms with Gasteiger partial charge in [0, 0.05) is 56.2 Å². The van der Waals surface area contributed by atoms with Crippen LogP contribution < -0.4 is 137 Å². The Bertz CT molecular complexity index is 3500. The van der Waals surface area contributed by atoms with Gasteiger partial charge in [0.15, 0.2) is 11.6 Å². The molecule has 0 aliphatic carbocycles. The molecular weight excluding hydrogens is 1350 g/mol. The number of amides is 2. The van der Waals surface area contributed by atoms with Gasteiger partial charge in [0.1, 0.15) is 20.8 Å². The summed E-state index contributed by atoms with van der Waals surface area (Å²) < 4.78 is 144. The number of alkyl halides is 6. The number of carbonyl (C=O) groups is 3. The molecule has 2 atom stereocenters. The summed E-state index contributed by atoms with van der Waals surface area (Å²) >= 11 is 6.04. The first-order valence-corrected chi connectivity index (χ1v) is 28.4. The summed E-state index contributed by atoms with van der Waals surface area (Å²) in [7, 11) is -5.27. The number of halogens is 8. The average Bonchev–Trinajstić information content (AvgIpc) is 2.60. The maximum atomic E-state index is 13.4. The molecule has 0 spiro atoms. The summed E-state index contributed by atoms with van der Waals surface area (Å²) in [6.07, 6.45) is -3.68. The van der Waals surface area contributed by atoms with Crippen molar-refractivity contribution in [2.75, 3.05) is 31.2 Å². The number of sulfonamides is 2. The average molecular weight is 1420 g/mol. The Balaban J connectivity index is 0. The molecule has 39 heteroatoms. The number of anilines is 1. The molecule has 0 aromatic carbocycles. The number of hydrogen-bond acceptors (Lipinski definition) is 19. The van der Waals surface area contributed by atoms with Crippen molar-refractivity contribution < 1.29 is 181 Å². The Kier molecular flexibility index (Phi) is 34.5. The molecule has 8 heterocycles. The summed E-state index contributed by atoms with van der Waals surface area (Å²) in [5, 5.41) is 27.4. The van der Waals surface area contributed by atoms with Crippen molar-refractivity contribution >= 4 is 95.2 Å². The number of aryl methyl sites for hydroxylation is 2. The van der Waals surface area contributed by atoms with Crippen LogP contribution in [0, 0.1) is 25.7 Å². The number of ether oxygens (including phenoxy) is 2. The van der Waals surface area contributed by atoms with Gasteiger partial charge in [-0.3, -0.25) is 23.7 Å². The van der Waals surface area contributed by atoms with Crippen molar-refractivity contribution in [3.8, 4) is 23.4 Å². The number of carbonyl (C=O) groups excluding carboxylic acids is 3. The van der Waals surface area contributed by atoms with Gasteiger partial charge in [-0.05, 0) is 97.0 Å². The van der Waals surface area contributed by atoms with Crippen molar-refractivity contribution in [2.45, 2.75) is 114 Å². The van der Waals surface area contributed by atoms with E-state index >= 15 is 0 Å². The number of nitrogens with zero attached hydrogens (tertiary/aromatic N) is 11. The van der Waals surface area contributed by atoms with E-state index in [1.54, 1.807) is 21.0 Å². The summed E-state index contributed by atoms with van der Waals surface area (Å²) in [6, 6.07) is 8.22. The predicted octanol–water partition coefficient (Wildman–Crippen LogP) is 0.393. The molecule has 0 saturated carbocycles.